The van der Waals surface area contributed by atoms with Crippen molar-refractivity contribution in [2.75, 3.05) is 31.5 Å². The number of carbonyl (C=O) groups excluding carboxylic acids is 2. The van der Waals surface area contributed by atoms with Gasteiger partial charge in [-0.3, -0.25) is 9.59 Å². The van der Waals surface area contributed by atoms with Gasteiger partial charge >= 0.3 is 0 Å². The molecule has 1 fully saturated rings. The zero-order valence-electron chi connectivity index (χ0n) is 14.5. The van der Waals surface area contributed by atoms with E-state index in [1.807, 2.05) is 24.3 Å². The molecule has 7 nitrogen and oxygen atoms in total. The molecule has 1 N–H and O–H groups in total. The second-order valence-electron chi connectivity index (χ2n) is 6.07. The van der Waals surface area contributed by atoms with Gasteiger partial charge in [0.1, 0.15) is 17.8 Å². The predicted molar refractivity (Wildman–Crippen MR) is 99.0 cm³/mol. The fraction of sp³-hybridized carbons (Fsp3) is 0.333. The molecule has 0 spiro atoms. The largest absolute Gasteiger partial charge is 0.366 e. The third kappa shape index (κ3) is 4.49. The van der Waals surface area contributed by atoms with Gasteiger partial charge in [-0.05, 0) is 17.7 Å². The minimum absolute atomic E-state index is 0.0350. The van der Waals surface area contributed by atoms with E-state index in [1.54, 1.807) is 22.8 Å². The molecule has 136 valence electrons. The molecule has 3 rings (SSSR count). The molecule has 1 saturated heterocycles. The highest BCUT2D eigenvalue weighted by Crippen LogP contribution is 2.13. The molecular formula is C18H20ClN5O2. The first-order valence-corrected chi connectivity index (χ1v) is 8.76. The van der Waals surface area contributed by atoms with Crippen LogP contribution in [0, 0.1) is 0 Å². The number of benzene rings is 1. The molecular weight excluding hydrogens is 354 g/mol. The monoisotopic (exact) mass is 373 g/mol. The summed E-state index contributed by atoms with van der Waals surface area (Å²) >= 11 is 5.88. The van der Waals surface area contributed by atoms with Gasteiger partial charge in [-0.2, -0.15) is 0 Å². The Bertz CT molecular complexity index is 788. The summed E-state index contributed by atoms with van der Waals surface area (Å²) in [7, 11) is 0. The van der Waals surface area contributed by atoms with Crippen molar-refractivity contribution in [2.24, 2.45) is 0 Å². The number of hydrogen-bond acceptors (Lipinski definition) is 5. The molecule has 0 radical (unpaired) electrons. The molecule has 0 bridgehead atoms. The third-order valence-corrected chi connectivity index (χ3v) is 4.54. The van der Waals surface area contributed by atoms with Gasteiger partial charge in [0.05, 0.1) is 0 Å². The Morgan fingerprint density at radius 3 is 2.38 bits per heavy atom. The Hall–Kier alpha value is -2.67. The SMILES string of the molecule is CC(=O)N1CCN(C(=O)c2cc(NCc3ccc(Cl)cc3)ncn2)CC1. The highest BCUT2D eigenvalue weighted by molar-refractivity contribution is 6.30. The Morgan fingerprint density at radius 2 is 1.73 bits per heavy atom. The van der Waals surface area contributed by atoms with Crippen LogP contribution < -0.4 is 5.32 Å². The summed E-state index contributed by atoms with van der Waals surface area (Å²) in [6, 6.07) is 9.16. The maximum absolute atomic E-state index is 12.6. The van der Waals surface area contributed by atoms with Crippen molar-refractivity contribution in [3.63, 3.8) is 0 Å². The Morgan fingerprint density at radius 1 is 1.08 bits per heavy atom. The number of aromatic nitrogens is 2. The molecule has 2 heterocycles. The standard InChI is InChI=1S/C18H20ClN5O2/c1-13(25)23-6-8-24(9-7-23)18(26)16-10-17(22-12-21-16)20-11-14-2-4-15(19)5-3-14/h2-5,10,12H,6-9,11H2,1H3,(H,20,21,22). The molecule has 8 heteroatoms. The van der Waals surface area contributed by atoms with Gasteiger partial charge in [0.15, 0.2) is 0 Å². The number of nitrogens with zero attached hydrogens (tertiary/aromatic N) is 4. The predicted octanol–water partition coefficient (Wildman–Crippen LogP) is 2.05. The number of amides is 2. The molecule has 0 unspecified atom stereocenters. The summed E-state index contributed by atoms with van der Waals surface area (Å²) in [4.78, 5) is 35.7. The number of anilines is 1. The first-order chi connectivity index (χ1) is 12.5. The highest BCUT2D eigenvalue weighted by atomic mass is 35.5. The van der Waals surface area contributed by atoms with Crippen LogP contribution >= 0.6 is 11.6 Å². The van der Waals surface area contributed by atoms with Gasteiger partial charge in [0.25, 0.3) is 5.91 Å². The first-order valence-electron chi connectivity index (χ1n) is 8.38. The van der Waals surface area contributed by atoms with Gasteiger partial charge in [0.2, 0.25) is 5.91 Å². The maximum Gasteiger partial charge on any atom is 0.272 e. The summed E-state index contributed by atoms with van der Waals surface area (Å²) in [5.41, 5.74) is 1.40. The van der Waals surface area contributed by atoms with Crippen molar-refractivity contribution in [2.45, 2.75) is 13.5 Å². The lowest BCUT2D eigenvalue weighted by Crippen LogP contribution is -2.50. The molecule has 0 aliphatic carbocycles. The maximum atomic E-state index is 12.6. The van der Waals surface area contributed by atoms with E-state index in [0.29, 0.717) is 49.3 Å². The van der Waals surface area contributed by atoms with E-state index in [-0.39, 0.29) is 11.8 Å². The molecule has 26 heavy (non-hydrogen) atoms. The van der Waals surface area contributed by atoms with Gasteiger partial charge in [0, 0.05) is 50.7 Å². The Kier molecular flexibility index (Phi) is 5.68. The summed E-state index contributed by atoms with van der Waals surface area (Å²) in [6.07, 6.45) is 1.38. The van der Waals surface area contributed by atoms with E-state index < -0.39 is 0 Å². The van der Waals surface area contributed by atoms with E-state index in [4.69, 9.17) is 11.6 Å². The quantitative estimate of drug-likeness (QED) is 0.887. The number of hydrogen-bond donors (Lipinski definition) is 1. The van der Waals surface area contributed by atoms with Crippen LogP contribution in [0.25, 0.3) is 0 Å². The number of piperazine rings is 1. The Balaban J connectivity index is 1.60. The average Bonchev–Trinajstić information content (AvgIpc) is 2.67. The van der Waals surface area contributed by atoms with Crippen LogP contribution in [0.3, 0.4) is 0 Å². The van der Waals surface area contributed by atoms with E-state index in [0.717, 1.165) is 5.56 Å². The number of nitrogens with one attached hydrogen (secondary N) is 1. The first kappa shape index (κ1) is 18.1. The minimum Gasteiger partial charge on any atom is -0.366 e. The van der Waals surface area contributed by atoms with Crippen molar-refractivity contribution in [1.82, 2.24) is 19.8 Å². The summed E-state index contributed by atoms with van der Waals surface area (Å²) in [6.45, 7) is 4.23. The fourth-order valence-corrected chi connectivity index (χ4v) is 2.88. The van der Waals surface area contributed by atoms with Crippen molar-refractivity contribution in [1.29, 1.82) is 0 Å². The normalized spacial score (nSPS) is 14.2. The lowest BCUT2D eigenvalue weighted by Gasteiger charge is -2.34. The van der Waals surface area contributed by atoms with Crippen molar-refractivity contribution in [3.8, 4) is 0 Å². The molecule has 1 aliphatic heterocycles. The van der Waals surface area contributed by atoms with Crippen molar-refractivity contribution >= 4 is 29.2 Å². The molecule has 0 saturated carbocycles. The molecule has 1 aromatic carbocycles. The van der Waals surface area contributed by atoms with E-state index in [1.165, 1.54) is 6.33 Å². The smallest absolute Gasteiger partial charge is 0.272 e. The van der Waals surface area contributed by atoms with Crippen LogP contribution in [0.1, 0.15) is 23.0 Å². The number of rotatable bonds is 4. The Labute approximate surface area is 157 Å². The van der Waals surface area contributed by atoms with Gasteiger partial charge in [-0.25, -0.2) is 9.97 Å². The second-order valence-corrected chi connectivity index (χ2v) is 6.50. The van der Waals surface area contributed by atoms with Crippen molar-refractivity contribution in [3.05, 3.63) is 52.9 Å². The summed E-state index contributed by atoms with van der Waals surface area (Å²) in [5, 5.41) is 3.87. The number of halogens is 1. The van der Waals surface area contributed by atoms with Crippen LogP contribution in [0.4, 0.5) is 5.82 Å². The summed E-state index contributed by atoms with van der Waals surface area (Å²) in [5.74, 6) is 0.471. The van der Waals surface area contributed by atoms with Crippen LogP contribution in [-0.4, -0.2) is 57.8 Å². The average molecular weight is 374 g/mol. The van der Waals surface area contributed by atoms with Crippen molar-refractivity contribution < 1.29 is 9.59 Å². The van der Waals surface area contributed by atoms with Crippen LogP contribution in [-0.2, 0) is 11.3 Å². The van der Waals surface area contributed by atoms with Crippen LogP contribution in [0.2, 0.25) is 5.02 Å². The summed E-state index contributed by atoms with van der Waals surface area (Å²) < 4.78 is 0. The van der Waals surface area contributed by atoms with E-state index >= 15 is 0 Å². The molecule has 2 aromatic rings. The van der Waals surface area contributed by atoms with Gasteiger partial charge < -0.3 is 15.1 Å². The highest BCUT2D eigenvalue weighted by Gasteiger charge is 2.24. The zero-order valence-corrected chi connectivity index (χ0v) is 15.2. The molecule has 1 aliphatic rings. The van der Waals surface area contributed by atoms with Gasteiger partial charge in [-0.1, -0.05) is 23.7 Å². The third-order valence-electron chi connectivity index (χ3n) is 4.29. The fourth-order valence-electron chi connectivity index (χ4n) is 2.75. The molecule has 0 atom stereocenters. The van der Waals surface area contributed by atoms with E-state index in [2.05, 4.69) is 15.3 Å². The lowest BCUT2D eigenvalue weighted by molar-refractivity contribution is -0.130. The van der Waals surface area contributed by atoms with E-state index in [9.17, 15) is 9.59 Å². The second kappa shape index (κ2) is 8.14. The lowest BCUT2D eigenvalue weighted by atomic mass is 10.2. The minimum atomic E-state index is -0.148. The number of carbonyl (C=O) groups is 2. The molecule has 1 aromatic heterocycles. The molecule has 2 amide bonds. The van der Waals surface area contributed by atoms with Gasteiger partial charge in [-0.15, -0.1) is 0 Å². The topological polar surface area (TPSA) is 78.4 Å². The van der Waals surface area contributed by atoms with Crippen LogP contribution in [0.5, 0.6) is 0 Å². The zero-order chi connectivity index (χ0) is 18.5. The van der Waals surface area contributed by atoms with Crippen LogP contribution in [0.15, 0.2) is 36.7 Å².